The van der Waals surface area contributed by atoms with E-state index in [2.05, 4.69) is 0 Å². The molecule has 2 fully saturated rings. The van der Waals surface area contributed by atoms with Crippen LogP contribution < -0.4 is 0 Å². The van der Waals surface area contributed by atoms with E-state index in [9.17, 15) is 13.2 Å². The summed E-state index contributed by atoms with van der Waals surface area (Å²) in [6.45, 7) is 2.99. The second-order valence-electron chi connectivity index (χ2n) is 5.42. The Kier molecular flexibility index (Phi) is 5.24. The van der Waals surface area contributed by atoms with Crippen molar-refractivity contribution in [3.8, 4) is 0 Å². The third-order valence-electron chi connectivity index (χ3n) is 3.91. The molecule has 2 atom stereocenters. The van der Waals surface area contributed by atoms with Crippen LogP contribution >= 0.6 is 0 Å². The van der Waals surface area contributed by atoms with E-state index >= 15 is 0 Å². The molecule has 2 rings (SSSR count). The van der Waals surface area contributed by atoms with Gasteiger partial charge in [0.05, 0.1) is 38.6 Å². The highest BCUT2D eigenvalue weighted by atomic mass is 32.2. The van der Waals surface area contributed by atoms with E-state index in [1.165, 1.54) is 0 Å². The van der Waals surface area contributed by atoms with E-state index in [0.717, 1.165) is 6.26 Å². The highest BCUT2D eigenvalue weighted by molar-refractivity contribution is 7.85. The van der Waals surface area contributed by atoms with Gasteiger partial charge in [-0.2, -0.15) is 8.42 Å². The molecule has 1 saturated carbocycles. The first kappa shape index (κ1) is 16.7. The Hall–Kier alpha value is -0.700. The van der Waals surface area contributed by atoms with Crippen LogP contribution in [0.3, 0.4) is 0 Å². The third-order valence-corrected chi connectivity index (χ3v) is 4.48. The Balaban J connectivity index is 2.06. The van der Waals surface area contributed by atoms with Crippen LogP contribution in [-0.4, -0.2) is 52.9 Å². The molecular formula is C13H22O7S. The Labute approximate surface area is 125 Å². The van der Waals surface area contributed by atoms with Crippen LogP contribution in [0.5, 0.6) is 0 Å². The van der Waals surface area contributed by atoms with Gasteiger partial charge in [-0.05, 0) is 19.8 Å². The van der Waals surface area contributed by atoms with Crippen LogP contribution in [0.4, 0.5) is 0 Å². The van der Waals surface area contributed by atoms with Gasteiger partial charge < -0.3 is 14.2 Å². The maximum atomic E-state index is 11.9. The first-order chi connectivity index (χ1) is 9.86. The molecule has 7 nitrogen and oxygen atoms in total. The lowest BCUT2D eigenvalue weighted by atomic mass is 9.77. The molecule has 1 aliphatic carbocycles. The average molecular weight is 322 g/mol. The Morgan fingerprint density at radius 1 is 1.33 bits per heavy atom. The molecule has 21 heavy (non-hydrogen) atoms. The molecule has 0 aromatic heterocycles. The largest absolute Gasteiger partial charge is 0.466 e. The zero-order valence-electron chi connectivity index (χ0n) is 12.4. The molecule has 0 N–H and O–H groups in total. The zero-order chi connectivity index (χ0) is 15.5. The van der Waals surface area contributed by atoms with Crippen molar-refractivity contribution in [2.75, 3.05) is 32.7 Å². The average Bonchev–Trinajstić information content (AvgIpc) is 2.86. The summed E-state index contributed by atoms with van der Waals surface area (Å²) in [5.74, 6) is -1.66. The molecular weight excluding hydrogens is 300 g/mol. The molecule has 1 aliphatic heterocycles. The fourth-order valence-electron chi connectivity index (χ4n) is 2.95. The van der Waals surface area contributed by atoms with Crippen molar-refractivity contribution >= 4 is 16.1 Å². The van der Waals surface area contributed by atoms with Gasteiger partial charge >= 0.3 is 5.97 Å². The Morgan fingerprint density at radius 3 is 2.57 bits per heavy atom. The zero-order valence-corrected chi connectivity index (χ0v) is 13.2. The molecule has 2 aliphatic rings. The van der Waals surface area contributed by atoms with Crippen LogP contribution in [0.2, 0.25) is 0 Å². The van der Waals surface area contributed by atoms with Gasteiger partial charge in [0, 0.05) is 12.3 Å². The van der Waals surface area contributed by atoms with Gasteiger partial charge in [0.1, 0.15) is 0 Å². The van der Waals surface area contributed by atoms with Gasteiger partial charge in [0.2, 0.25) is 0 Å². The van der Waals surface area contributed by atoms with Crippen molar-refractivity contribution in [3.05, 3.63) is 0 Å². The molecule has 2 unspecified atom stereocenters. The van der Waals surface area contributed by atoms with Crippen LogP contribution in [0, 0.1) is 11.8 Å². The number of rotatable bonds is 5. The van der Waals surface area contributed by atoms with Crippen LogP contribution in [0.15, 0.2) is 0 Å². The summed E-state index contributed by atoms with van der Waals surface area (Å²) in [6, 6.07) is 0. The lowest BCUT2D eigenvalue weighted by Crippen LogP contribution is -2.47. The SMILES string of the molecule is CCOC(=O)C1CCC2(OCCO2)C(COS(C)(=O)=O)C1. The number of esters is 1. The molecule has 0 aromatic rings. The molecule has 122 valence electrons. The lowest BCUT2D eigenvalue weighted by molar-refractivity contribution is -0.225. The van der Waals surface area contributed by atoms with E-state index in [-0.39, 0.29) is 24.4 Å². The molecule has 8 heteroatoms. The van der Waals surface area contributed by atoms with Gasteiger partial charge in [-0.15, -0.1) is 0 Å². The van der Waals surface area contributed by atoms with Gasteiger partial charge in [0.25, 0.3) is 10.1 Å². The smallest absolute Gasteiger partial charge is 0.308 e. The minimum Gasteiger partial charge on any atom is -0.466 e. The topological polar surface area (TPSA) is 88.1 Å². The van der Waals surface area contributed by atoms with Crippen molar-refractivity contribution in [1.29, 1.82) is 0 Å². The van der Waals surface area contributed by atoms with Gasteiger partial charge in [-0.1, -0.05) is 0 Å². The molecule has 0 amide bonds. The Morgan fingerprint density at radius 2 is 2.00 bits per heavy atom. The minimum atomic E-state index is -3.54. The molecule has 0 aromatic carbocycles. The first-order valence-electron chi connectivity index (χ1n) is 7.15. The second-order valence-corrected chi connectivity index (χ2v) is 7.06. The van der Waals surface area contributed by atoms with Crippen molar-refractivity contribution in [2.45, 2.75) is 32.0 Å². The molecule has 0 radical (unpaired) electrons. The maximum Gasteiger partial charge on any atom is 0.308 e. The fourth-order valence-corrected chi connectivity index (χ4v) is 3.36. The fraction of sp³-hybridized carbons (Fsp3) is 0.923. The summed E-state index contributed by atoms with van der Waals surface area (Å²) < 4.78 is 43.7. The van der Waals surface area contributed by atoms with Crippen molar-refractivity contribution < 1.29 is 31.6 Å². The predicted octanol–water partition coefficient (Wildman–Crippen LogP) is 0.685. The first-order valence-corrected chi connectivity index (χ1v) is 8.97. The molecule has 1 spiro atoms. The number of ether oxygens (including phenoxy) is 3. The number of carbonyl (C=O) groups excluding carboxylic acids is 1. The monoisotopic (exact) mass is 322 g/mol. The number of carbonyl (C=O) groups is 1. The quantitative estimate of drug-likeness (QED) is 0.543. The van der Waals surface area contributed by atoms with E-state index in [1.807, 2.05) is 0 Å². The van der Waals surface area contributed by atoms with E-state index in [1.54, 1.807) is 6.92 Å². The van der Waals surface area contributed by atoms with Crippen molar-refractivity contribution in [2.24, 2.45) is 11.8 Å². The summed E-state index contributed by atoms with van der Waals surface area (Å²) >= 11 is 0. The van der Waals surface area contributed by atoms with Crippen molar-refractivity contribution in [1.82, 2.24) is 0 Å². The van der Waals surface area contributed by atoms with E-state index in [4.69, 9.17) is 18.4 Å². The van der Waals surface area contributed by atoms with Crippen LogP contribution in [0.25, 0.3) is 0 Å². The standard InChI is InChI=1S/C13H22O7S/c1-3-17-12(14)10-4-5-13(18-6-7-19-13)11(8-10)9-20-21(2,15)16/h10-11H,3-9H2,1-2H3. The predicted molar refractivity (Wildman–Crippen MR) is 72.9 cm³/mol. The van der Waals surface area contributed by atoms with Gasteiger partial charge in [-0.25, -0.2) is 0 Å². The third kappa shape index (κ3) is 4.15. The summed E-state index contributed by atoms with van der Waals surface area (Å²) in [5, 5.41) is 0. The Bertz CT molecular complexity index is 467. The van der Waals surface area contributed by atoms with E-state index in [0.29, 0.717) is 39.1 Å². The summed E-state index contributed by atoms with van der Waals surface area (Å²) in [6.07, 6.45) is 2.58. The lowest BCUT2D eigenvalue weighted by Gasteiger charge is -2.41. The molecule has 0 bridgehead atoms. The highest BCUT2D eigenvalue weighted by Crippen LogP contribution is 2.43. The molecule has 1 saturated heterocycles. The second kappa shape index (κ2) is 6.60. The normalized spacial score (nSPS) is 28.7. The van der Waals surface area contributed by atoms with Crippen molar-refractivity contribution in [3.63, 3.8) is 0 Å². The molecule has 1 heterocycles. The van der Waals surface area contributed by atoms with Crippen LogP contribution in [0.1, 0.15) is 26.2 Å². The van der Waals surface area contributed by atoms with Gasteiger partial charge in [-0.3, -0.25) is 8.98 Å². The van der Waals surface area contributed by atoms with E-state index < -0.39 is 15.9 Å². The number of hydrogen-bond acceptors (Lipinski definition) is 7. The summed E-state index contributed by atoms with van der Waals surface area (Å²) in [7, 11) is -3.54. The van der Waals surface area contributed by atoms with Gasteiger partial charge in [0.15, 0.2) is 5.79 Å². The summed E-state index contributed by atoms with van der Waals surface area (Å²) in [5.41, 5.74) is 0. The number of hydrogen-bond donors (Lipinski definition) is 0. The van der Waals surface area contributed by atoms with Crippen LogP contribution in [-0.2, 0) is 33.3 Å². The minimum absolute atomic E-state index is 0.0469. The summed E-state index contributed by atoms with van der Waals surface area (Å²) in [4.78, 5) is 11.9. The maximum absolute atomic E-state index is 11.9. The highest BCUT2D eigenvalue weighted by Gasteiger charge is 2.50.